The first-order valence-corrected chi connectivity index (χ1v) is 8.92. The van der Waals surface area contributed by atoms with Gasteiger partial charge in [-0.15, -0.1) is 0 Å². The van der Waals surface area contributed by atoms with Gasteiger partial charge in [0.25, 0.3) is 0 Å². The number of rotatable bonds is 7. The van der Waals surface area contributed by atoms with Crippen molar-refractivity contribution in [2.45, 2.75) is 39.7 Å². The van der Waals surface area contributed by atoms with Gasteiger partial charge < -0.3 is 5.32 Å². The summed E-state index contributed by atoms with van der Waals surface area (Å²) in [7, 11) is -2.76. The van der Waals surface area contributed by atoms with Crippen LogP contribution in [0, 0.1) is 5.92 Å². The Kier molecular flexibility index (Phi) is 6.60. The van der Waals surface area contributed by atoms with E-state index in [-0.39, 0.29) is 0 Å². The summed E-state index contributed by atoms with van der Waals surface area (Å²) in [6, 6.07) is 0.490. The van der Waals surface area contributed by atoms with E-state index in [0.29, 0.717) is 36.6 Å². The van der Waals surface area contributed by atoms with Crippen molar-refractivity contribution in [3.63, 3.8) is 0 Å². The molecule has 0 spiro atoms. The van der Waals surface area contributed by atoms with Gasteiger partial charge in [0.2, 0.25) is 0 Å². The molecule has 1 saturated heterocycles. The zero-order chi connectivity index (χ0) is 13.6. The number of hydrogen-bond donors (Lipinski definition) is 1. The highest BCUT2D eigenvalue weighted by Crippen LogP contribution is 2.12. The quantitative estimate of drug-likeness (QED) is 0.757. The molecule has 1 unspecified atom stereocenters. The van der Waals surface area contributed by atoms with Gasteiger partial charge in [-0.2, -0.15) is 0 Å². The van der Waals surface area contributed by atoms with Crippen molar-refractivity contribution in [2.24, 2.45) is 5.92 Å². The van der Waals surface area contributed by atoms with Gasteiger partial charge in [0, 0.05) is 25.7 Å². The van der Waals surface area contributed by atoms with Crippen LogP contribution >= 0.6 is 0 Å². The highest BCUT2D eigenvalue weighted by molar-refractivity contribution is 7.91. The van der Waals surface area contributed by atoms with Crippen LogP contribution in [0.2, 0.25) is 0 Å². The second-order valence-corrected chi connectivity index (χ2v) is 7.99. The molecule has 0 saturated carbocycles. The maximum Gasteiger partial charge on any atom is 0.152 e. The van der Waals surface area contributed by atoms with Gasteiger partial charge in [-0.1, -0.05) is 27.2 Å². The Bertz CT molecular complexity index is 314. The maximum atomic E-state index is 11.4. The van der Waals surface area contributed by atoms with Crippen LogP contribution < -0.4 is 5.32 Å². The minimum absolute atomic E-state index is 0.331. The lowest BCUT2D eigenvalue weighted by Crippen LogP contribution is -2.49. The highest BCUT2D eigenvalue weighted by Gasteiger charge is 2.26. The lowest BCUT2D eigenvalue weighted by atomic mass is 10.1. The standard InChI is InChI=1S/C13H28N2O2S/c1-4-5-13(11-14-10-12(2)3)15-6-8-18(16,17)9-7-15/h12-14H,4-11H2,1-3H3. The van der Waals surface area contributed by atoms with E-state index in [1.807, 2.05) is 0 Å². The van der Waals surface area contributed by atoms with Crippen molar-refractivity contribution >= 4 is 9.84 Å². The summed E-state index contributed by atoms with van der Waals surface area (Å²) in [5, 5.41) is 3.50. The lowest BCUT2D eigenvalue weighted by Gasteiger charge is -2.34. The summed E-state index contributed by atoms with van der Waals surface area (Å²) in [5.74, 6) is 1.32. The molecule has 1 N–H and O–H groups in total. The first kappa shape index (κ1) is 15.9. The smallest absolute Gasteiger partial charge is 0.152 e. The van der Waals surface area contributed by atoms with Crippen LogP contribution in [-0.2, 0) is 9.84 Å². The fraction of sp³-hybridized carbons (Fsp3) is 1.00. The fourth-order valence-corrected chi connectivity index (χ4v) is 3.61. The van der Waals surface area contributed by atoms with E-state index in [2.05, 4.69) is 31.0 Å². The van der Waals surface area contributed by atoms with Crippen molar-refractivity contribution in [1.82, 2.24) is 10.2 Å². The fourth-order valence-electron chi connectivity index (χ4n) is 2.38. The van der Waals surface area contributed by atoms with Crippen LogP contribution in [0.15, 0.2) is 0 Å². The average Bonchev–Trinajstić information content (AvgIpc) is 2.28. The van der Waals surface area contributed by atoms with Crippen molar-refractivity contribution in [1.29, 1.82) is 0 Å². The second-order valence-electron chi connectivity index (χ2n) is 5.68. The number of hydrogen-bond acceptors (Lipinski definition) is 4. The van der Waals surface area contributed by atoms with E-state index in [9.17, 15) is 8.42 Å². The van der Waals surface area contributed by atoms with Gasteiger partial charge in [-0.05, 0) is 18.9 Å². The molecule has 0 aromatic rings. The van der Waals surface area contributed by atoms with E-state index in [1.165, 1.54) is 0 Å². The molecule has 0 radical (unpaired) electrons. The first-order chi connectivity index (χ1) is 8.44. The Morgan fingerprint density at radius 3 is 2.28 bits per heavy atom. The van der Waals surface area contributed by atoms with Gasteiger partial charge in [0.15, 0.2) is 9.84 Å². The summed E-state index contributed by atoms with van der Waals surface area (Å²) in [6.45, 7) is 10.0. The van der Waals surface area contributed by atoms with Crippen LogP contribution in [0.3, 0.4) is 0 Å². The summed E-state index contributed by atoms with van der Waals surface area (Å²) in [6.07, 6.45) is 2.29. The van der Waals surface area contributed by atoms with Crippen LogP contribution in [0.4, 0.5) is 0 Å². The van der Waals surface area contributed by atoms with Gasteiger partial charge in [-0.3, -0.25) is 4.90 Å². The molecular formula is C13H28N2O2S. The Morgan fingerprint density at radius 1 is 1.17 bits per heavy atom. The van der Waals surface area contributed by atoms with Crippen molar-refractivity contribution in [3.8, 4) is 0 Å². The summed E-state index contributed by atoms with van der Waals surface area (Å²) < 4.78 is 22.9. The number of nitrogens with zero attached hydrogens (tertiary/aromatic N) is 1. The van der Waals surface area contributed by atoms with E-state index in [1.54, 1.807) is 0 Å². The van der Waals surface area contributed by atoms with E-state index in [4.69, 9.17) is 0 Å². The van der Waals surface area contributed by atoms with Gasteiger partial charge >= 0.3 is 0 Å². The molecule has 5 heteroatoms. The first-order valence-electron chi connectivity index (χ1n) is 7.09. The Hall–Kier alpha value is -0.130. The Balaban J connectivity index is 2.41. The summed E-state index contributed by atoms with van der Waals surface area (Å²) in [4.78, 5) is 2.35. The molecule has 1 heterocycles. The third kappa shape index (κ3) is 5.67. The monoisotopic (exact) mass is 276 g/mol. The van der Waals surface area contributed by atoms with Gasteiger partial charge in [0.05, 0.1) is 11.5 Å². The molecule has 4 nitrogen and oxygen atoms in total. The minimum atomic E-state index is -2.76. The van der Waals surface area contributed by atoms with Gasteiger partial charge in [0.1, 0.15) is 0 Å². The molecule has 0 aromatic carbocycles. The van der Waals surface area contributed by atoms with Crippen LogP contribution in [0.25, 0.3) is 0 Å². The molecule has 0 aromatic heterocycles. The van der Waals surface area contributed by atoms with Crippen LogP contribution in [-0.4, -0.2) is 57.0 Å². The normalized spacial score (nSPS) is 22.2. The second kappa shape index (κ2) is 7.46. The zero-order valence-electron chi connectivity index (χ0n) is 12.0. The molecule has 0 bridgehead atoms. The van der Waals surface area contributed by atoms with E-state index < -0.39 is 9.84 Å². The van der Waals surface area contributed by atoms with Crippen molar-refractivity contribution < 1.29 is 8.42 Å². The molecule has 1 aliphatic heterocycles. The molecule has 108 valence electrons. The van der Waals surface area contributed by atoms with Crippen molar-refractivity contribution in [3.05, 3.63) is 0 Å². The highest BCUT2D eigenvalue weighted by atomic mass is 32.2. The molecule has 0 aliphatic carbocycles. The molecular weight excluding hydrogens is 248 g/mol. The molecule has 0 amide bonds. The number of sulfone groups is 1. The van der Waals surface area contributed by atoms with Crippen LogP contribution in [0.1, 0.15) is 33.6 Å². The Morgan fingerprint density at radius 2 is 1.78 bits per heavy atom. The topological polar surface area (TPSA) is 49.4 Å². The maximum absolute atomic E-state index is 11.4. The van der Waals surface area contributed by atoms with E-state index >= 15 is 0 Å². The Labute approximate surface area is 112 Å². The van der Waals surface area contributed by atoms with Crippen molar-refractivity contribution in [2.75, 3.05) is 37.7 Å². The SMILES string of the molecule is CCCC(CNCC(C)C)N1CCS(=O)(=O)CC1. The lowest BCUT2D eigenvalue weighted by molar-refractivity contribution is 0.194. The average molecular weight is 276 g/mol. The van der Waals surface area contributed by atoms with E-state index in [0.717, 1.165) is 25.9 Å². The molecule has 1 fully saturated rings. The number of nitrogens with one attached hydrogen (secondary N) is 1. The predicted molar refractivity (Wildman–Crippen MR) is 76.6 cm³/mol. The largest absolute Gasteiger partial charge is 0.315 e. The third-order valence-electron chi connectivity index (χ3n) is 3.45. The molecule has 18 heavy (non-hydrogen) atoms. The van der Waals surface area contributed by atoms with Crippen LogP contribution in [0.5, 0.6) is 0 Å². The minimum Gasteiger partial charge on any atom is -0.315 e. The third-order valence-corrected chi connectivity index (χ3v) is 5.06. The van der Waals surface area contributed by atoms with Gasteiger partial charge in [-0.25, -0.2) is 8.42 Å². The zero-order valence-corrected chi connectivity index (χ0v) is 12.8. The summed E-state index contributed by atoms with van der Waals surface area (Å²) in [5.41, 5.74) is 0. The summed E-state index contributed by atoms with van der Waals surface area (Å²) >= 11 is 0. The molecule has 1 aliphatic rings. The molecule has 1 atom stereocenters. The predicted octanol–water partition coefficient (Wildman–Crippen LogP) is 1.13. The molecule has 1 rings (SSSR count).